The van der Waals surface area contributed by atoms with Crippen molar-refractivity contribution in [3.8, 4) is 11.8 Å². The van der Waals surface area contributed by atoms with Gasteiger partial charge in [0.2, 0.25) is 0 Å². The first-order chi connectivity index (χ1) is 7.72. The lowest BCUT2D eigenvalue weighted by Gasteiger charge is -2.08. The number of rotatable bonds is 2. The Kier molecular flexibility index (Phi) is 12.3. The maximum Gasteiger partial charge on any atom is 0.121 e. The van der Waals surface area contributed by atoms with Gasteiger partial charge in [-0.15, -0.1) is 0 Å². The number of nitriles is 1. The van der Waals surface area contributed by atoms with Crippen LogP contribution in [0.15, 0.2) is 24.3 Å². The first kappa shape index (κ1) is 16.9. The molecule has 0 unspecified atom stereocenters. The molecule has 0 N–H and O–H groups in total. The zero-order valence-corrected chi connectivity index (χ0v) is 11.2. The summed E-state index contributed by atoms with van der Waals surface area (Å²) in [7, 11) is 0. The van der Waals surface area contributed by atoms with E-state index in [9.17, 15) is 0 Å². The van der Waals surface area contributed by atoms with Gasteiger partial charge in [-0.25, -0.2) is 0 Å². The summed E-state index contributed by atoms with van der Waals surface area (Å²) in [5.41, 5.74) is 0.633. The summed E-state index contributed by atoms with van der Waals surface area (Å²) >= 11 is 0. The fourth-order valence-corrected chi connectivity index (χ4v) is 0.911. The molecule has 0 fully saturated rings. The van der Waals surface area contributed by atoms with Crippen molar-refractivity contribution in [2.45, 2.75) is 47.6 Å². The van der Waals surface area contributed by atoms with Gasteiger partial charge in [-0.1, -0.05) is 33.8 Å². The Morgan fingerprint density at radius 3 is 2.12 bits per heavy atom. The second-order valence-electron chi connectivity index (χ2n) is 2.81. The minimum absolute atomic E-state index is 0.152. The molecule has 0 aromatic heterocycles. The van der Waals surface area contributed by atoms with Crippen LogP contribution < -0.4 is 4.74 Å². The summed E-state index contributed by atoms with van der Waals surface area (Å²) in [5, 5.41) is 8.59. The smallest absolute Gasteiger partial charge is 0.121 e. The topological polar surface area (TPSA) is 33.0 Å². The third kappa shape index (κ3) is 7.87. The highest BCUT2D eigenvalue weighted by Crippen LogP contribution is 2.13. The van der Waals surface area contributed by atoms with E-state index in [0.29, 0.717) is 5.56 Å². The highest BCUT2D eigenvalue weighted by molar-refractivity contribution is 5.36. The lowest BCUT2D eigenvalue weighted by atomic mass is 10.2. The fraction of sp³-hybridized carbons (Fsp3) is 0.500. The number of nitrogens with zero attached hydrogens (tertiary/aromatic N) is 1. The van der Waals surface area contributed by atoms with E-state index >= 15 is 0 Å². The molecule has 0 heterocycles. The molecule has 0 aliphatic carbocycles. The van der Waals surface area contributed by atoms with Gasteiger partial charge in [0, 0.05) is 0 Å². The van der Waals surface area contributed by atoms with Crippen LogP contribution >= 0.6 is 0 Å². The first-order valence-electron chi connectivity index (χ1n) is 5.89. The predicted octanol–water partition coefficient (Wildman–Crippen LogP) is 4.40. The van der Waals surface area contributed by atoms with Crippen LogP contribution in [0.4, 0.5) is 0 Å². The molecule has 2 nitrogen and oxygen atoms in total. The van der Waals surface area contributed by atoms with Crippen LogP contribution in [0.1, 0.15) is 47.1 Å². The van der Waals surface area contributed by atoms with Crippen molar-refractivity contribution in [3.63, 3.8) is 0 Å². The van der Waals surface area contributed by atoms with Gasteiger partial charge in [-0.05, 0) is 32.0 Å². The number of ether oxygens (including phenoxy) is 1. The molecule has 0 atom stereocenters. The van der Waals surface area contributed by atoms with E-state index in [1.165, 1.54) is 0 Å². The molecule has 1 aromatic carbocycles. The Morgan fingerprint density at radius 1 is 1.12 bits per heavy atom. The van der Waals surface area contributed by atoms with Crippen LogP contribution in [0, 0.1) is 11.3 Å². The van der Waals surface area contributed by atoms with Gasteiger partial charge in [0.25, 0.3) is 0 Å². The van der Waals surface area contributed by atoms with E-state index in [-0.39, 0.29) is 6.10 Å². The minimum atomic E-state index is 0.152. The Labute approximate surface area is 99.9 Å². The van der Waals surface area contributed by atoms with Gasteiger partial charge < -0.3 is 4.74 Å². The van der Waals surface area contributed by atoms with Gasteiger partial charge in [0.1, 0.15) is 5.75 Å². The predicted molar refractivity (Wildman–Crippen MR) is 69.6 cm³/mol. The molecule has 0 bridgehead atoms. The van der Waals surface area contributed by atoms with Gasteiger partial charge in [0.05, 0.1) is 17.7 Å². The normalized spacial score (nSPS) is 7.88. The quantitative estimate of drug-likeness (QED) is 0.741. The highest BCUT2D eigenvalue weighted by atomic mass is 16.5. The van der Waals surface area contributed by atoms with Crippen LogP contribution in [-0.2, 0) is 0 Å². The molecular formula is C14H23NO. The molecule has 0 aliphatic heterocycles. The summed E-state index contributed by atoms with van der Waals surface area (Å²) in [6.07, 6.45) is 0.152. The average molecular weight is 221 g/mol. The van der Waals surface area contributed by atoms with Crippen LogP contribution in [0.3, 0.4) is 0 Å². The molecule has 0 amide bonds. The second-order valence-corrected chi connectivity index (χ2v) is 2.81. The van der Waals surface area contributed by atoms with Gasteiger partial charge in [0.15, 0.2) is 0 Å². The molecule has 90 valence electrons. The van der Waals surface area contributed by atoms with Crippen molar-refractivity contribution < 1.29 is 4.74 Å². The second kappa shape index (κ2) is 11.6. The van der Waals surface area contributed by atoms with Gasteiger partial charge in [-0.2, -0.15) is 5.26 Å². The zero-order chi connectivity index (χ0) is 13.0. The molecule has 0 spiro atoms. The summed E-state index contributed by atoms with van der Waals surface area (Å²) in [5.74, 6) is 0.754. The lowest BCUT2D eigenvalue weighted by molar-refractivity contribution is 0.242. The average Bonchev–Trinajstić information content (AvgIpc) is 2.33. The van der Waals surface area contributed by atoms with E-state index in [0.717, 1.165) is 5.75 Å². The van der Waals surface area contributed by atoms with Gasteiger partial charge in [-0.3, -0.25) is 0 Å². The number of hydrogen-bond donors (Lipinski definition) is 0. The molecule has 1 rings (SSSR count). The van der Waals surface area contributed by atoms with Gasteiger partial charge >= 0.3 is 0 Å². The van der Waals surface area contributed by atoms with Crippen LogP contribution in [-0.4, -0.2) is 6.10 Å². The number of benzene rings is 1. The summed E-state index contributed by atoms with van der Waals surface area (Å²) in [6, 6.07) is 9.22. The van der Waals surface area contributed by atoms with E-state index in [1.807, 2.05) is 53.7 Å². The molecule has 16 heavy (non-hydrogen) atoms. The lowest BCUT2D eigenvalue weighted by Crippen LogP contribution is -2.05. The summed E-state index contributed by atoms with van der Waals surface area (Å²) in [4.78, 5) is 0. The molecule has 0 aliphatic rings. The third-order valence-corrected chi connectivity index (χ3v) is 1.33. The van der Waals surface area contributed by atoms with Crippen LogP contribution in [0.2, 0.25) is 0 Å². The fourth-order valence-electron chi connectivity index (χ4n) is 0.911. The van der Waals surface area contributed by atoms with E-state index in [2.05, 4.69) is 6.07 Å². The molecule has 0 saturated carbocycles. The Balaban J connectivity index is 0. The largest absolute Gasteiger partial charge is 0.491 e. The highest BCUT2D eigenvalue weighted by Gasteiger charge is 1.97. The standard InChI is InChI=1S/C10H11NO.2C2H6/c1-8(2)12-10-5-3-4-9(6-10)7-11;2*1-2/h3-6,8H,1-2H3;2*1-2H3. The van der Waals surface area contributed by atoms with Crippen LogP contribution in [0.25, 0.3) is 0 Å². The minimum Gasteiger partial charge on any atom is -0.491 e. The van der Waals surface area contributed by atoms with Crippen molar-refractivity contribution in [3.05, 3.63) is 29.8 Å². The van der Waals surface area contributed by atoms with Crippen molar-refractivity contribution in [2.24, 2.45) is 0 Å². The van der Waals surface area contributed by atoms with Crippen molar-refractivity contribution in [2.75, 3.05) is 0 Å². The molecule has 2 heteroatoms. The molecule has 1 aromatic rings. The summed E-state index contributed by atoms with van der Waals surface area (Å²) < 4.78 is 5.41. The van der Waals surface area contributed by atoms with E-state index < -0.39 is 0 Å². The van der Waals surface area contributed by atoms with Crippen molar-refractivity contribution >= 4 is 0 Å². The SMILES string of the molecule is CC.CC.CC(C)Oc1cccc(C#N)c1. The third-order valence-electron chi connectivity index (χ3n) is 1.33. The monoisotopic (exact) mass is 221 g/mol. The Morgan fingerprint density at radius 2 is 1.69 bits per heavy atom. The van der Waals surface area contributed by atoms with Crippen LogP contribution in [0.5, 0.6) is 5.75 Å². The Bertz CT molecular complexity index is 300. The zero-order valence-electron chi connectivity index (χ0n) is 11.2. The number of hydrogen-bond acceptors (Lipinski definition) is 2. The molecule has 0 saturated heterocycles. The maximum absolute atomic E-state index is 8.59. The van der Waals surface area contributed by atoms with Crippen molar-refractivity contribution in [1.82, 2.24) is 0 Å². The molecular weight excluding hydrogens is 198 g/mol. The first-order valence-corrected chi connectivity index (χ1v) is 5.89. The molecule has 0 radical (unpaired) electrons. The van der Waals surface area contributed by atoms with E-state index in [4.69, 9.17) is 10.00 Å². The van der Waals surface area contributed by atoms with Crippen molar-refractivity contribution in [1.29, 1.82) is 5.26 Å². The summed E-state index contributed by atoms with van der Waals surface area (Å²) in [6.45, 7) is 11.9. The Hall–Kier alpha value is -1.49. The maximum atomic E-state index is 8.59. The van der Waals surface area contributed by atoms with E-state index in [1.54, 1.807) is 12.1 Å².